The van der Waals surface area contributed by atoms with E-state index in [1.165, 1.54) is 13.8 Å². The fourth-order valence-corrected chi connectivity index (χ4v) is 0.921. The average molecular weight is 189 g/mol. The van der Waals surface area contributed by atoms with Crippen LogP contribution in [0.15, 0.2) is 0 Å². The smallest absolute Gasteiger partial charge is 0.222 e. The van der Waals surface area contributed by atoms with E-state index in [0.29, 0.717) is 0 Å². The molecule has 0 aliphatic heterocycles. The zero-order valence-electron chi connectivity index (χ0n) is 8.97. The molecule has 1 unspecified atom stereocenters. The molecule has 4 nitrogen and oxygen atoms in total. The summed E-state index contributed by atoms with van der Waals surface area (Å²) in [6, 6.07) is 0. The summed E-state index contributed by atoms with van der Waals surface area (Å²) in [6.45, 7) is 8.51. The van der Waals surface area contributed by atoms with Crippen LogP contribution in [0.4, 0.5) is 0 Å². The molecule has 0 aliphatic carbocycles. The lowest BCUT2D eigenvalue weighted by Crippen LogP contribution is -2.50. The normalized spacial score (nSPS) is 16.8. The molecular weight excluding hydrogens is 170 g/mol. The second-order valence-corrected chi connectivity index (χ2v) is 4.25. The van der Waals surface area contributed by atoms with E-state index in [1.807, 2.05) is 20.8 Å². The minimum atomic E-state index is -1.45. The molecule has 0 heterocycles. The van der Waals surface area contributed by atoms with E-state index in [1.54, 1.807) is 0 Å². The van der Waals surface area contributed by atoms with Crippen LogP contribution in [0.25, 0.3) is 0 Å². The van der Waals surface area contributed by atoms with Gasteiger partial charge < -0.3 is 9.84 Å². The number of ether oxygens (including phenoxy) is 1. The molecule has 78 valence electrons. The number of aliphatic hydroxyl groups is 1. The largest absolute Gasteiger partial charge is 0.353 e. The molecule has 0 bridgehead atoms. The molecular formula is C9H19NO3. The van der Waals surface area contributed by atoms with Gasteiger partial charge in [0.2, 0.25) is 5.91 Å². The topological polar surface area (TPSA) is 58.6 Å². The molecule has 0 saturated heterocycles. The lowest BCUT2D eigenvalue weighted by atomic mass is 10.2. The van der Waals surface area contributed by atoms with Crippen LogP contribution in [0.3, 0.4) is 0 Å². The molecule has 0 radical (unpaired) electrons. The first-order valence-corrected chi connectivity index (χ1v) is 4.29. The summed E-state index contributed by atoms with van der Waals surface area (Å²) in [6.07, 6.45) is 0. The Hall–Kier alpha value is -0.450. The first-order valence-electron chi connectivity index (χ1n) is 4.29. The predicted octanol–water partition coefficient (Wildman–Crippen LogP) is 0.646. The van der Waals surface area contributed by atoms with Crippen molar-refractivity contribution in [3.63, 3.8) is 0 Å². The number of nitrogens with one attached hydrogen (secondary N) is 1. The van der Waals surface area contributed by atoms with Gasteiger partial charge in [-0.3, -0.25) is 10.1 Å². The van der Waals surface area contributed by atoms with Crippen LogP contribution in [0.2, 0.25) is 0 Å². The number of hydrogen-bond acceptors (Lipinski definition) is 4. The Morgan fingerprint density at radius 3 is 2.15 bits per heavy atom. The Kier molecular flexibility index (Phi) is 4.03. The number of carbonyl (C=O) groups is 1. The van der Waals surface area contributed by atoms with E-state index in [4.69, 9.17) is 4.74 Å². The molecule has 0 saturated carbocycles. The summed E-state index contributed by atoms with van der Waals surface area (Å²) < 4.78 is 5.27. The minimum Gasteiger partial charge on any atom is -0.353 e. The molecule has 0 amide bonds. The van der Waals surface area contributed by atoms with Crippen LogP contribution >= 0.6 is 0 Å². The number of rotatable bonds is 4. The third kappa shape index (κ3) is 7.90. The second-order valence-electron chi connectivity index (χ2n) is 4.25. The van der Waals surface area contributed by atoms with Crippen molar-refractivity contribution in [3.05, 3.63) is 0 Å². The molecule has 0 fully saturated rings. The van der Waals surface area contributed by atoms with Gasteiger partial charge >= 0.3 is 0 Å². The van der Waals surface area contributed by atoms with E-state index >= 15 is 0 Å². The highest BCUT2D eigenvalue weighted by molar-refractivity contribution is 5.77. The molecule has 0 rings (SSSR count). The number of hydrogen-bond donors (Lipinski definition) is 2. The molecule has 4 heteroatoms. The molecule has 1 atom stereocenters. The number of ketones is 1. The monoisotopic (exact) mass is 189 g/mol. The Morgan fingerprint density at radius 1 is 1.38 bits per heavy atom. The molecule has 2 N–H and O–H groups in total. The Labute approximate surface area is 79.3 Å². The first-order chi connectivity index (χ1) is 5.62. The Bertz CT molecular complexity index is 182. The maximum absolute atomic E-state index is 10.6. The average Bonchev–Trinajstić information content (AvgIpc) is 1.78. The zero-order valence-corrected chi connectivity index (χ0v) is 8.97. The van der Waals surface area contributed by atoms with E-state index in [0.717, 1.165) is 0 Å². The van der Waals surface area contributed by atoms with Crippen LogP contribution in [0.1, 0.15) is 34.6 Å². The third-order valence-corrected chi connectivity index (χ3v) is 1.17. The van der Waals surface area contributed by atoms with Gasteiger partial charge in [0.05, 0.1) is 12.1 Å². The van der Waals surface area contributed by atoms with E-state index in [9.17, 15) is 9.90 Å². The lowest BCUT2D eigenvalue weighted by molar-refractivity contribution is -0.258. The fourth-order valence-electron chi connectivity index (χ4n) is 0.921. The lowest BCUT2D eigenvalue weighted by Gasteiger charge is -2.32. The van der Waals surface area contributed by atoms with Gasteiger partial charge in [0.15, 0.2) is 0 Å². The van der Waals surface area contributed by atoms with Gasteiger partial charge in [-0.2, -0.15) is 0 Å². The van der Waals surface area contributed by atoms with Gasteiger partial charge in [-0.05, 0) is 27.7 Å². The van der Waals surface area contributed by atoms with Crippen molar-refractivity contribution in [2.24, 2.45) is 0 Å². The van der Waals surface area contributed by atoms with Crippen LogP contribution in [0.5, 0.6) is 0 Å². The number of carbonyl (C=O) groups excluding carboxylic acids is 1. The molecule has 13 heavy (non-hydrogen) atoms. The molecule has 0 aromatic heterocycles. The van der Waals surface area contributed by atoms with Crippen molar-refractivity contribution < 1.29 is 14.6 Å². The van der Waals surface area contributed by atoms with Crippen LogP contribution in [-0.4, -0.2) is 28.9 Å². The summed E-state index contributed by atoms with van der Waals surface area (Å²) in [7, 11) is 0. The van der Waals surface area contributed by atoms with Gasteiger partial charge in [0, 0.05) is 6.92 Å². The van der Waals surface area contributed by atoms with Crippen LogP contribution < -0.4 is 5.32 Å². The van der Waals surface area contributed by atoms with Crippen molar-refractivity contribution in [2.75, 3.05) is 6.54 Å². The minimum absolute atomic E-state index is 0.0437. The third-order valence-electron chi connectivity index (χ3n) is 1.17. The fraction of sp³-hybridized carbons (Fsp3) is 0.889. The zero-order chi connectivity index (χ0) is 10.7. The van der Waals surface area contributed by atoms with Gasteiger partial charge in [0.25, 0.3) is 0 Å². The SMILES string of the molecule is CC(=O)CNC(C)(O)OC(C)(C)C. The Morgan fingerprint density at radius 2 is 1.85 bits per heavy atom. The highest BCUT2D eigenvalue weighted by atomic mass is 16.7. The standard InChI is InChI=1S/C9H19NO3/c1-7(11)6-10-9(5,12)13-8(2,3)4/h10,12H,6H2,1-5H3. The van der Waals surface area contributed by atoms with Gasteiger partial charge in [0.1, 0.15) is 5.78 Å². The van der Waals surface area contributed by atoms with Gasteiger partial charge in [-0.15, -0.1) is 0 Å². The van der Waals surface area contributed by atoms with E-state index < -0.39 is 11.5 Å². The number of Topliss-reactive ketones (excluding diaryl/α,β-unsaturated/α-hetero) is 1. The van der Waals surface area contributed by atoms with E-state index in [2.05, 4.69) is 5.32 Å². The van der Waals surface area contributed by atoms with Crippen molar-refractivity contribution in [2.45, 2.75) is 46.1 Å². The van der Waals surface area contributed by atoms with Gasteiger partial charge in [-0.25, -0.2) is 0 Å². The molecule has 0 aliphatic rings. The molecule has 0 aromatic carbocycles. The quantitative estimate of drug-likeness (QED) is 0.637. The highest BCUT2D eigenvalue weighted by Gasteiger charge is 2.27. The van der Waals surface area contributed by atoms with Crippen molar-refractivity contribution in [1.29, 1.82) is 0 Å². The molecule has 0 spiro atoms. The highest BCUT2D eigenvalue weighted by Crippen LogP contribution is 2.14. The summed E-state index contributed by atoms with van der Waals surface area (Å²) in [5.74, 6) is -1.50. The first kappa shape index (κ1) is 12.6. The van der Waals surface area contributed by atoms with Crippen LogP contribution in [0, 0.1) is 0 Å². The Balaban J connectivity index is 4.01. The maximum atomic E-state index is 10.6. The van der Waals surface area contributed by atoms with Crippen molar-refractivity contribution in [1.82, 2.24) is 5.32 Å². The summed E-state index contributed by atoms with van der Waals surface area (Å²) in [5.41, 5.74) is -0.451. The van der Waals surface area contributed by atoms with Crippen molar-refractivity contribution in [3.8, 4) is 0 Å². The maximum Gasteiger partial charge on any atom is 0.222 e. The predicted molar refractivity (Wildman–Crippen MR) is 50.1 cm³/mol. The summed E-state index contributed by atoms with van der Waals surface area (Å²) >= 11 is 0. The summed E-state index contributed by atoms with van der Waals surface area (Å²) in [5, 5.41) is 12.2. The molecule has 0 aromatic rings. The van der Waals surface area contributed by atoms with Crippen molar-refractivity contribution >= 4 is 5.78 Å². The van der Waals surface area contributed by atoms with Gasteiger partial charge in [-0.1, -0.05) is 0 Å². The second kappa shape index (κ2) is 4.17. The van der Waals surface area contributed by atoms with E-state index in [-0.39, 0.29) is 12.3 Å². The van der Waals surface area contributed by atoms with Crippen LogP contribution in [-0.2, 0) is 9.53 Å². The summed E-state index contributed by atoms with van der Waals surface area (Å²) in [4.78, 5) is 10.6.